The predicted molar refractivity (Wildman–Crippen MR) is 42.0 cm³/mol. The highest BCUT2D eigenvalue weighted by atomic mass is 19.2. The van der Waals surface area contributed by atoms with Crippen LogP contribution in [0.5, 0.6) is 0 Å². The normalized spacial score (nSPS) is 39.5. The number of rotatable bonds is 0. The minimum absolute atomic E-state index is 0.0607. The minimum Gasteiger partial charge on any atom is -0.244 e. The molecular weight excluding hydrogens is 146 g/mol. The SMILES string of the molecule is CC(C)(C)C1C[C@@H](F)[C@@H](F)C1. The first-order valence-electron chi connectivity index (χ1n) is 4.19. The van der Waals surface area contributed by atoms with Crippen molar-refractivity contribution < 1.29 is 8.78 Å². The van der Waals surface area contributed by atoms with Crippen molar-refractivity contribution in [3.05, 3.63) is 0 Å². The molecule has 1 aliphatic rings. The molecule has 0 aliphatic heterocycles. The van der Waals surface area contributed by atoms with E-state index in [1.165, 1.54) is 0 Å². The Hall–Kier alpha value is -0.140. The number of alkyl halides is 2. The van der Waals surface area contributed by atoms with Gasteiger partial charge in [0.05, 0.1) is 0 Å². The zero-order valence-electron chi connectivity index (χ0n) is 7.40. The molecule has 0 saturated heterocycles. The highest BCUT2D eigenvalue weighted by Gasteiger charge is 2.39. The summed E-state index contributed by atoms with van der Waals surface area (Å²) in [7, 11) is 0. The van der Waals surface area contributed by atoms with Crippen molar-refractivity contribution in [2.45, 2.75) is 46.0 Å². The molecule has 1 aliphatic carbocycles. The van der Waals surface area contributed by atoms with Crippen molar-refractivity contribution in [2.24, 2.45) is 11.3 Å². The molecule has 1 fully saturated rings. The predicted octanol–water partition coefficient (Wildman–Crippen LogP) is 3.12. The molecule has 0 nitrogen and oxygen atoms in total. The van der Waals surface area contributed by atoms with Crippen LogP contribution in [0.3, 0.4) is 0 Å². The van der Waals surface area contributed by atoms with Gasteiger partial charge < -0.3 is 0 Å². The fraction of sp³-hybridized carbons (Fsp3) is 1.00. The van der Waals surface area contributed by atoms with Crippen LogP contribution in [0.4, 0.5) is 8.78 Å². The number of hydrogen-bond acceptors (Lipinski definition) is 0. The van der Waals surface area contributed by atoms with Gasteiger partial charge >= 0.3 is 0 Å². The lowest BCUT2D eigenvalue weighted by Gasteiger charge is -2.25. The number of halogens is 2. The summed E-state index contributed by atoms with van der Waals surface area (Å²) in [5.74, 6) is 0.215. The van der Waals surface area contributed by atoms with Crippen molar-refractivity contribution >= 4 is 0 Å². The molecule has 2 heteroatoms. The second-order valence-corrected chi connectivity index (χ2v) is 4.57. The molecule has 1 unspecified atom stereocenters. The van der Waals surface area contributed by atoms with Crippen molar-refractivity contribution in [1.82, 2.24) is 0 Å². The highest BCUT2D eigenvalue weighted by molar-refractivity contribution is 4.89. The molecule has 11 heavy (non-hydrogen) atoms. The Balaban J connectivity index is 2.54. The molecule has 1 rings (SSSR count). The van der Waals surface area contributed by atoms with E-state index in [1.807, 2.05) is 20.8 Å². The minimum atomic E-state index is -1.21. The van der Waals surface area contributed by atoms with Crippen molar-refractivity contribution in [3.63, 3.8) is 0 Å². The highest BCUT2D eigenvalue weighted by Crippen LogP contribution is 2.41. The topological polar surface area (TPSA) is 0 Å². The van der Waals surface area contributed by atoms with Gasteiger partial charge in [-0.15, -0.1) is 0 Å². The van der Waals surface area contributed by atoms with Crippen molar-refractivity contribution in [3.8, 4) is 0 Å². The van der Waals surface area contributed by atoms with E-state index in [-0.39, 0.29) is 11.3 Å². The van der Waals surface area contributed by atoms with E-state index in [0.717, 1.165) is 0 Å². The van der Waals surface area contributed by atoms with Crippen LogP contribution in [0.25, 0.3) is 0 Å². The molecule has 0 amide bonds. The largest absolute Gasteiger partial charge is 0.244 e. The third-order valence-electron chi connectivity index (χ3n) is 2.64. The van der Waals surface area contributed by atoms with Crippen LogP contribution in [0, 0.1) is 11.3 Å². The van der Waals surface area contributed by atoms with Crippen LogP contribution < -0.4 is 0 Å². The molecule has 0 radical (unpaired) electrons. The summed E-state index contributed by atoms with van der Waals surface area (Å²) in [4.78, 5) is 0. The van der Waals surface area contributed by atoms with Gasteiger partial charge in [0.2, 0.25) is 0 Å². The molecule has 0 bridgehead atoms. The first-order chi connectivity index (χ1) is 4.91. The Morgan fingerprint density at radius 1 is 1.00 bits per heavy atom. The number of hydrogen-bond donors (Lipinski definition) is 0. The molecule has 3 atom stereocenters. The molecule has 0 aromatic rings. The Morgan fingerprint density at radius 3 is 1.55 bits per heavy atom. The van der Waals surface area contributed by atoms with Crippen LogP contribution in [-0.2, 0) is 0 Å². The smallest absolute Gasteiger partial charge is 0.131 e. The van der Waals surface area contributed by atoms with E-state index >= 15 is 0 Å². The first kappa shape index (κ1) is 8.95. The summed E-state index contributed by atoms with van der Waals surface area (Å²) in [5.41, 5.74) is 0.0607. The molecule has 1 saturated carbocycles. The molecule has 66 valence electrons. The molecule has 0 heterocycles. The fourth-order valence-electron chi connectivity index (χ4n) is 1.64. The zero-order valence-corrected chi connectivity index (χ0v) is 7.40. The van der Waals surface area contributed by atoms with Crippen LogP contribution in [0.15, 0.2) is 0 Å². The van der Waals surface area contributed by atoms with Crippen LogP contribution in [0.1, 0.15) is 33.6 Å². The van der Waals surface area contributed by atoms with Crippen molar-refractivity contribution in [2.75, 3.05) is 0 Å². The van der Waals surface area contributed by atoms with Gasteiger partial charge in [0, 0.05) is 0 Å². The van der Waals surface area contributed by atoms with Gasteiger partial charge in [0.15, 0.2) is 0 Å². The third-order valence-corrected chi connectivity index (χ3v) is 2.64. The van der Waals surface area contributed by atoms with Crippen LogP contribution >= 0.6 is 0 Å². The average molecular weight is 162 g/mol. The van der Waals surface area contributed by atoms with E-state index in [1.54, 1.807) is 0 Å². The quantitative estimate of drug-likeness (QED) is 0.513. The lowest BCUT2D eigenvalue weighted by molar-refractivity contribution is 0.199. The van der Waals surface area contributed by atoms with Gasteiger partial charge in [-0.1, -0.05) is 20.8 Å². The fourth-order valence-corrected chi connectivity index (χ4v) is 1.64. The van der Waals surface area contributed by atoms with Gasteiger partial charge in [-0.25, -0.2) is 8.78 Å². The summed E-state index contributed by atoms with van der Waals surface area (Å²) in [5, 5.41) is 0. The molecule has 0 N–H and O–H groups in total. The van der Waals surface area contributed by atoms with Crippen molar-refractivity contribution in [1.29, 1.82) is 0 Å². The Kier molecular flexibility index (Phi) is 2.22. The summed E-state index contributed by atoms with van der Waals surface area (Å²) in [6, 6.07) is 0. The second kappa shape index (κ2) is 2.72. The second-order valence-electron chi connectivity index (χ2n) is 4.57. The van der Waals surface area contributed by atoms with E-state index < -0.39 is 12.3 Å². The summed E-state index contributed by atoms with van der Waals surface area (Å²) < 4.78 is 25.4. The van der Waals surface area contributed by atoms with E-state index in [2.05, 4.69) is 0 Å². The van der Waals surface area contributed by atoms with E-state index in [4.69, 9.17) is 0 Å². The molecule has 0 aromatic heterocycles. The molecule has 0 aromatic carbocycles. The summed E-state index contributed by atoms with van der Waals surface area (Å²) >= 11 is 0. The lowest BCUT2D eigenvalue weighted by Crippen LogP contribution is -2.17. The van der Waals surface area contributed by atoms with Gasteiger partial charge in [0.1, 0.15) is 12.3 Å². The van der Waals surface area contributed by atoms with Gasteiger partial charge in [-0.2, -0.15) is 0 Å². The maximum absolute atomic E-state index is 12.7. The maximum atomic E-state index is 12.7. The molecule has 0 spiro atoms. The average Bonchev–Trinajstić information content (AvgIpc) is 2.11. The zero-order chi connectivity index (χ0) is 8.65. The monoisotopic (exact) mass is 162 g/mol. The van der Waals surface area contributed by atoms with E-state index in [0.29, 0.717) is 12.8 Å². The summed E-state index contributed by atoms with van der Waals surface area (Å²) in [6.07, 6.45) is -1.60. The van der Waals surface area contributed by atoms with Crippen LogP contribution in [0.2, 0.25) is 0 Å². The first-order valence-corrected chi connectivity index (χ1v) is 4.19. The van der Waals surface area contributed by atoms with Gasteiger partial charge in [-0.05, 0) is 24.2 Å². The molecular formula is C9H16F2. The van der Waals surface area contributed by atoms with Gasteiger partial charge in [-0.3, -0.25) is 0 Å². The summed E-state index contributed by atoms with van der Waals surface area (Å²) in [6.45, 7) is 6.13. The van der Waals surface area contributed by atoms with Gasteiger partial charge in [0.25, 0.3) is 0 Å². The Labute approximate surface area is 67.0 Å². The Bertz CT molecular complexity index is 127. The van der Waals surface area contributed by atoms with E-state index in [9.17, 15) is 8.78 Å². The standard InChI is InChI=1S/C9H16F2/c1-9(2,3)6-4-7(10)8(11)5-6/h6-8H,4-5H2,1-3H3/t6?,7-,8+. The maximum Gasteiger partial charge on any atom is 0.131 e. The Morgan fingerprint density at radius 2 is 1.36 bits per heavy atom. The lowest BCUT2D eigenvalue weighted by atomic mass is 9.80. The third kappa shape index (κ3) is 1.91. The van der Waals surface area contributed by atoms with Crippen LogP contribution in [-0.4, -0.2) is 12.3 Å².